The third kappa shape index (κ3) is 3.86. The molecule has 1 aromatic heterocycles. The van der Waals surface area contributed by atoms with Gasteiger partial charge in [-0.15, -0.1) is 6.58 Å². The Kier molecular flexibility index (Phi) is 5.94. The molecule has 1 rings (SSSR count). The van der Waals surface area contributed by atoms with Crippen LogP contribution in [0.4, 0.5) is 0 Å². The first-order valence-corrected chi connectivity index (χ1v) is 6.24. The lowest BCUT2D eigenvalue weighted by Crippen LogP contribution is -2.21. The molecule has 0 bridgehead atoms. The Morgan fingerprint density at radius 1 is 1.44 bits per heavy atom. The van der Waals surface area contributed by atoms with Gasteiger partial charge < -0.3 is 9.73 Å². The van der Waals surface area contributed by atoms with Gasteiger partial charge in [0, 0.05) is 6.42 Å². The molecular formula is C14H23NO. The number of furan rings is 1. The maximum absolute atomic E-state index is 5.79. The molecule has 16 heavy (non-hydrogen) atoms. The van der Waals surface area contributed by atoms with Crippen LogP contribution < -0.4 is 5.32 Å². The van der Waals surface area contributed by atoms with E-state index in [9.17, 15) is 0 Å². The van der Waals surface area contributed by atoms with Crippen molar-refractivity contribution in [3.05, 3.63) is 36.3 Å². The second-order valence-corrected chi connectivity index (χ2v) is 4.03. The van der Waals surface area contributed by atoms with Crippen molar-refractivity contribution in [1.29, 1.82) is 0 Å². The lowest BCUT2D eigenvalue weighted by molar-refractivity contribution is 0.381. The maximum atomic E-state index is 5.79. The predicted octanol–water partition coefficient (Wildman–Crippen LogP) is 3.85. The molecule has 0 aliphatic rings. The van der Waals surface area contributed by atoms with Crippen LogP contribution in [-0.4, -0.2) is 6.54 Å². The van der Waals surface area contributed by atoms with Crippen molar-refractivity contribution in [2.24, 2.45) is 0 Å². The van der Waals surface area contributed by atoms with E-state index in [1.165, 1.54) is 0 Å². The van der Waals surface area contributed by atoms with Crippen LogP contribution in [0.3, 0.4) is 0 Å². The van der Waals surface area contributed by atoms with Crippen molar-refractivity contribution >= 4 is 0 Å². The molecule has 90 valence electrons. The van der Waals surface area contributed by atoms with Crippen molar-refractivity contribution < 1.29 is 4.42 Å². The fourth-order valence-electron chi connectivity index (χ4n) is 1.72. The topological polar surface area (TPSA) is 25.2 Å². The van der Waals surface area contributed by atoms with Crippen molar-refractivity contribution in [1.82, 2.24) is 5.32 Å². The van der Waals surface area contributed by atoms with E-state index >= 15 is 0 Å². The van der Waals surface area contributed by atoms with Crippen LogP contribution >= 0.6 is 0 Å². The Balaban J connectivity index is 2.61. The van der Waals surface area contributed by atoms with Crippen LogP contribution in [0.5, 0.6) is 0 Å². The lowest BCUT2D eigenvalue weighted by atomic mass is 10.1. The molecule has 0 aliphatic heterocycles. The van der Waals surface area contributed by atoms with Crippen LogP contribution in [0.15, 0.2) is 29.2 Å². The van der Waals surface area contributed by atoms with Gasteiger partial charge in [0.2, 0.25) is 0 Å². The molecule has 2 heteroatoms. The third-order valence-electron chi connectivity index (χ3n) is 2.67. The van der Waals surface area contributed by atoms with E-state index in [0.717, 1.165) is 43.7 Å². The molecule has 2 nitrogen and oxygen atoms in total. The average molecular weight is 221 g/mol. The minimum Gasteiger partial charge on any atom is -0.464 e. The van der Waals surface area contributed by atoms with Crippen LogP contribution in [0.2, 0.25) is 0 Å². The molecule has 0 aromatic carbocycles. The first kappa shape index (κ1) is 13.0. The van der Waals surface area contributed by atoms with Crippen LogP contribution in [0.1, 0.15) is 50.7 Å². The van der Waals surface area contributed by atoms with Crippen LogP contribution in [0.25, 0.3) is 0 Å². The summed E-state index contributed by atoms with van der Waals surface area (Å²) in [5.41, 5.74) is 0. The monoisotopic (exact) mass is 221 g/mol. The van der Waals surface area contributed by atoms with Crippen molar-refractivity contribution in [3.63, 3.8) is 0 Å². The Labute approximate surface area is 98.7 Å². The fourth-order valence-corrected chi connectivity index (χ4v) is 1.72. The summed E-state index contributed by atoms with van der Waals surface area (Å²) in [6.07, 6.45) is 6.14. The van der Waals surface area contributed by atoms with Gasteiger partial charge in [0.05, 0.1) is 6.04 Å². The smallest absolute Gasteiger partial charge is 0.121 e. The summed E-state index contributed by atoms with van der Waals surface area (Å²) in [5, 5.41) is 3.52. The Bertz CT molecular complexity index is 303. The summed E-state index contributed by atoms with van der Waals surface area (Å²) < 4.78 is 5.79. The van der Waals surface area contributed by atoms with E-state index in [4.69, 9.17) is 4.42 Å². The quantitative estimate of drug-likeness (QED) is 0.674. The van der Waals surface area contributed by atoms with E-state index in [2.05, 4.69) is 37.9 Å². The number of hydrogen-bond acceptors (Lipinski definition) is 2. The van der Waals surface area contributed by atoms with E-state index in [1.807, 2.05) is 6.08 Å². The number of aryl methyl sites for hydroxylation is 1. The van der Waals surface area contributed by atoms with Gasteiger partial charge in [0.25, 0.3) is 0 Å². The lowest BCUT2D eigenvalue weighted by Gasteiger charge is -2.15. The minimum absolute atomic E-state index is 0.332. The maximum Gasteiger partial charge on any atom is 0.121 e. The molecule has 0 spiro atoms. The highest BCUT2D eigenvalue weighted by Crippen LogP contribution is 2.21. The highest BCUT2D eigenvalue weighted by molar-refractivity contribution is 5.11. The number of rotatable bonds is 8. The summed E-state index contributed by atoms with van der Waals surface area (Å²) in [5.74, 6) is 2.13. The van der Waals surface area contributed by atoms with Gasteiger partial charge in [-0.3, -0.25) is 0 Å². The Morgan fingerprint density at radius 2 is 2.25 bits per heavy atom. The molecule has 0 saturated heterocycles. The van der Waals surface area contributed by atoms with E-state index in [-0.39, 0.29) is 0 Å². The Morgan fingerprint density at radius 3 is 2.81 bits per heavy atom. The summed E-state index contributed by atoms with van der Waals surface area (Å²) in [4.78, 5) is 0. The normalized spacial score (nSPS) is 12.6. The number of hydrogen-bond donors (Lipinski definition) is 1. The summed E-state index contributed by atoms with van der Waals surface area (Å²) >= 11 is 0. The van der Waals surface area contributed by atoms with Crippen molar-refractivity contribution in [2.45, 2.75) is 45.6 Å². The van der Waals surface area contributed by atoms with E-state index < -0.39 is 0 Å². The van der Waals surface area contributed by atoms with Gasteiger partial charge >= 0.3 is 0 Å². The van der Waals surface area contributed by atoms with Gasteiger partial charge in [-0.05, 0) is 37.9 Å². The Hall–Kier alpha value is -1.02. The molecule has 1 N–H and O–H groups in total. The standard InChI is InChI=1S/C14H23NO/c1-4-7-8-13(15-11-5-2)14-10-9-12(6-3)16-14/h4,9-10,13,15H,1,5-8,11H2,2-3H3. The molecular weight excluding hydrogens is 198 g/mol. The second-order valence-electron chi connectivity index (χ2n) is 4.03. The molecule has 1 heterocycles. The second kappa shape index (κ2) is 7.29. The number of nitrogens with one attached hydrogen (secondary N) is 1. The van der Waals surface area contributed by atoms with Crippen molar-refractivity contribution in [2.75, 3.05) is 6.54 Å². The van der Waals surface area contributed by atoms with Crippen molar-refractivity contribution in [3.8, 4) is 0 Å². The molecule has 0 saturated carbocycles. The molecule has 0 fully saturated rings. The molecule has 0 radical (unpaired) electrons. The SMILES string of the molecule is C=CCCC(NCCC)c1ccc(CC)o1. The van der Waals surface area contributed by atoms with Gasteiger partial charge in [-0.1, -0.05) is 19.9 Å². The third-order valence-corrected chi connectivity index (χ3v) is 2.67. The molecule has 0 amide bonds. The molecule has 0 aliphatic carbocycles. The van der Waals surface area contributed by atoms with Gasteiger partial charge in [-0.2, -0.15) is 0 Å². The van der Waals surface area contributed by atoms with Gasteiger partial charge in [0.15, 0.2) is 0 Å². The largest absolute Gasteiger partial charge is 0.464 e. The van der Waals surface area contributed by atoms with Crippen LogP contribution in [-0.2, 0) is 6.42 Å². The van der Waals surface area contributed by atoms with Gasteiger partial charge in [0.1, 0.15) is 11.5 Å². The summed E-state index contributed by atoms with van der Waals surface area (Å²) in [6.45, 7) is 9.09. The fraction of sp³-hybridized carbons (Fsp3) is 0.571. The zero-order valence-corrected chi connectivity index (χ0v) is 10.5. The average Bonchev–Trinajstić information content (AvgIpc) is 2.78. The van der Waals surface area contributed by atoms with Gasteiger partial charge in [-0.25, -0.2) is 0 Å². The first-order chi connectivity index (χ1) is 7.81. The minimum atomic E-state index is 0.332. The zero-order valence-electron chi connectivity index (χ0n) is 10.5. The highest BCUT2D eigenvalue weighted by Gasteiger charge is 2.13. The van der Waals surface area contributed by atoms with E-state index in [0.29, 0.717) is 6.04 Å². The molecule has 1 unspecified atom stereocenters. The number of allylic oxidation sites excluding steroid dienone is 1. The summed E-state index contributed by atoms with van der Waals surface area (Å²) in [6, 6.07) is 4.50. The molecule has 1 atom stereocenters. The van der Waals surface area contributed by atoms with Crippen LogP contribution in [0, 0.1) is 0 Å². The highest BCUT2D eigenvalue weighted by atomic mass is 16.3. The summed E-state index contributed by atoms with van der Waals surface area (Å²) in [7, 11) is 0. The molecule has 1 aromatic rings. The van der Waals surface area contributed by atoms with E-state index in [1.54, 1.807) is 0 Å². The first-order valence-electron chi connectivity index (χ1n) is 6.24. The zero-order chi connectivity index (χ0) is 11.8. The predicted molar refractivity (Wildman–Crippen MR) is 68.6 cm³/mol.